The predicted octanol–water partition coefficient (Wildman–Crippen LogP) is 14.9. The van der Waals surface area contributed by atoms with Gasteiger partial charge in [0.05, 0.1) is 64.0 Å². The molecule has 0 aromatic heterocycles. The number of ether oxygens (including phenoxy) is 15. The van der Waals surface area contributed by atoms with Crippen LogP contribution in [0.2, 0.25) is 0 Å². The van der Waals surface area contributed by atoms with E-state index in [-0.39, 0.29) is 39.6 Å². The molecule has 2 aliphatic carbocycles. The van der Waals surface area contributed by atoms with Crippen molar-refractivity contribution in [2.45, 2.75) is 51.4 Å². The Balaban J connectivity index is 0.000000772. The van der Waals surface area contributed by atoms with Crippen LogP contribution in [0.4, 0.5) is 0 Å². The number of hydrogen-bond donors (Lipinski definition) is 0. The average molecular weight is 1340 g/mol. The predicted molar refractivity (Wildman–Crippen MR) is 331 cm³/mol. The minimum Gasteiger partial charge on any atom is -0.493 e. The van der Waals surface area contributed by atoms with Crippen LogP contribution in [0.15, 0.2) is 54.6 Å². The first-order valence-electron chi connectivity index (χ1n) is 25.9. The molecule has 24 heteroatoms. The fraction of sp³-hybridized carbons (Fsp3) is 0.400. The highest BCUT2D eigenvalue weighted by Crippen LogP contribution is 2.52. The molecule has 18 bridgehead atoms. The molecule has 0 N–H and O–H groups in total. The second-order valence-corrected chi connectivity index (χ2v) is 24.4. The van der Waals surface area contributed by atoms with Crippen LogP contribution in [0.5, 0.6) is 86.2 Å². The first-order chi connectivity index (χ1) is 40.4. The monoisotopic (exact) mass is 1340 g/mol. The Morgan fingerprint density at radius 1 is 0.262 bits per heavy atom. The maximum atomic E-state index is 6.68. The van der Waals surface area contributed by atoms with E-state index in [0.29, 0.717) is 125 Å². The molecule has 0 saturated heterocycles. The van der Waals surface area contributed by atoms with Gasteiger partial charge in [-0.05, 0) is 124 Å². The summed E-state index contributed by atoms with van der Waals surface area (Å²) in [4.78, 5) is 0. The van der Waals surface area contributed by atoms with Crippen molar-refractivity contribution in [2.24, 2.45) is 0 Å². The van der Waals surface area contributed by atoms with E-state index in [1.807, 2.05) is 18.2 Å². The van der Waals surface area contributed by atoms with Gasteiger partial charge < -0.3 is 71.1 Å². The zero-order valence-corrected chi connectivity index (χ0v) is 54.2. The molecule has 15 nitrogen and oxygen atoms in total. The first kappa shape index (κ1) is 66.5. The minimum atomic E-state index is -0.750. The zero-order valence-electron chi connectivity index (χ0n) is 47.4. The maximum Gasteiger partial charge on any atom is 0.203 e. The van der Waals surface area contributed by atoms with Crippen molar-refractivity contribution in [3.8, 4) is 86.2 Å². The summed E-state index contributed by atoms with van der Waals surface area (Å²) in [5.74, 6) is 7.73. The van der Waals surface area contributed by atoms with E-state index >= 15 is 0 Å². The van der Waals surface area contributed by atoms with E-state index in [4.69, 9.17) is 175 Å². The highest BCUT2D eigenvalue weighted by Gasteiger charge is 2.32. The van der Waals surface area contributed by atoms with E-state index < -0.39 is 12.9 Å². The molecule has 19 rings (SSSR count). The molecule has 0 atom stereocenters. The Bertz CT molecular complexity index is 2890. The third-order valence-electron chi connectivity index (χ3n) is 13.9. The van der Waals surface area contributed by atoms with Gasteiger partial charge in [0.2, 0.25) is 17.2 Å². The van der Waals surface area contributed by atoms with Gasteiger partial charge >= 0.3 is 0 Å². The number of hydrogen-bond acceptors (Lipinski definition) is 15. The van der Waals surface area contributed by atoms with E-state index in [2.05, 4.69) is 36.4 Å². The Labute approximate surface area is 534 Å². The topological polar surface area (TPSA) is 138 Å². The molecule has 84 heavy (non-hydrogen) atoms. The van der Waals surface area contributed by atoms with Gasteiger partial charge in [0.15, 0.2) is 81.9 Å². The maximum absolute atomic E-state index is 6.68. The molecule has 11 heterocycles. The summed E-state index contributed by atoms with van der Waals surface area (Å²) in [6, 6.07) is 18.4. The quantitative estimate of drug-likeness (QED) is 0.127. The summed E-state index contributed by atoms with van der Waals surface area (Å²) in [5.41, 5.74) is 11.5. The van der Waals surface area contributed by atoms with Crippen molar-refractivity contribution >= 4 is 104 Å². The molecule has 0 radical (unpaired) electrons. The van der Waals surface area contributed by atoms with Crippen molar-refractivity contribution in [2.75, 3.05) is 104 Å². The summed E-state index contributed by atoms with van der Waals surface area (Å²) in [7, 11) is 14.7. The molecule has 0 unspecified atom stereocenters. The van der Waals surface area contributed by atoms with Gasteiger partial charge in [-0.3, -0.25) is 0 Å². The SMILES string of the molecule is COc1cc2c3cc1OCCOc1c(OC)cc4c(c1OC)Cc1cc(OC)c5c(OC)c1Cc1cc(OC)c(c(OC)c1C4)OCCOc1cc(c(cc1OC)Cc1cc(c(OC)cc1C3)OCCO5)C2.ClC(Cl)Cl.ClC(Cl)Cl.ClC(Cl)Cl. The standard InChI is InChI=1S/C57H60O15.3CHCl3/c1-58-43-22-31-16-35-26-47-45(60-3)24-33(35)18-36-27-48-44(59-2)23-32(36)17-34(31)25-46(43)67-10-13-70-55-49(61-4)28-37-20-41-39(30-51(63-6)56(53(41)65-8)71-14-11-68-47)21-42-38(19-40(37)52(55)64-7)29-50(62-5)57(54(42)66-9)72-15-12-69-48;3*2-1(3)4/h22-30H,10-21H2,1-9H3;3*1H. The highest BCUT2D eigenvalue weighted by molar-refractivity contribution is 6.63. The zero-order chi connectivity index (χ0) is 60.8. The normalized spacial score (nSPS) is 13.7. The fourth-order valence-electron chi connectivity index (χ4n) is 10.5. The van der Waals surface area contributed by atoms with Crippen LogP contribution in [0.3, 0.4) is 0 Å². The van der Waals surface area contributed by atoms with E-state index in [9.17, 15) is 0 Å². The molecule has 6 aromatic carbocycles. The Morgan fingerprint density at radius 2 is 0.464 bits per heavy atom. The smallest absolute Gasteiger partial charge is 0.203 e. The number of fused-ring (bicyclic) bond motifs is 1. The molecule has 0 spiro atoms. The van der Waals surface area contributed by atoms with Gasteiger partial charge in [-0.1, -0.05) is 104 Å². The Kier molecular flexibility index (Phi) is 25.0. The lowest BCUT2D eigenvalue weighted by Gasteiger charge is -2.23. The summed E-state index contributed by atoms with van der Waals surface area (Å²) in [5, 5.41) is 0. The van der Waals surface area contributed by atoms with E-state index in [0.717, 1.165) is 66.8 Å². The largest absolute Gasteiger partial charge is 0.493 e. The van der Waals surface area contributed by atoms with Crippen molar-refractivity contribution in [3.05, 3.63) is 121 Å². The third-order valence-corrected chi connectivity index (χ3v) is 13.9. The van der Waals surface area contributed by atoms with Crippen molar-refractivity contribution < 1.29 is 71.1 Å². The van der Waals surface area contributed by atoms with Crippen LogP contribution in [0, 0.1) is 0 Å². The lowest BCUT2D eigenvalue weighted by Crippen LogP contribution is -2.13. The molecule has 0 fully saturated rings. The second kappa shape index (κ2) is 31.5. The van der Waals surface area contributed by atoms with Crippen molar-refractivity contribution in [1.82, 2.24) is 0 Å². The third kappa shape index (κ3) is 16.1. The Hall–Kier alpha value is -5.07. The van der Waals surface area contributed by atoms with Gasteiger partial charge in [-0.2, -0.15) is 0 Å². The van der Waals surface area contributed by atoms with Crippen LogP contribution < -0.4 is 71.1 Å². The van der Waals surface area contributed by atoms with Crippen LogP contribution in [-0.2, 0) is 38.5 Å². The van der Waals surface area contributed by atoms with Crippen molar-refractivity contribution in [1.29, 1.82) is 0 Å². The molecule has 0 amide bonds. The fourth-order valence-corrected chi connectivity index (χ4v) is 10.5. The van der Waals surface area contributed by atoms with Crippen LogP contribution in [0.1, 0.15) is 66.8 Å². The molecule has 6 aromatic rings. The van der Waals surface area contributed by atoms with Gasteiger partial charge in [-0.15, -0.1) is 0 Å². The summed E-state index contributed by atoms with van der Waals surface area (Å²) in [6.45, 7) is 0.931. The molecule has 13 aliphatic rings. The van der Waals surface area contributed by atoms with Gasteiger partial charge in [0, 0.05) is 36.0 Å². The number of alkyl halides is 9. The van der Waals surface area contributed by atoms with Gasteiger partial charge in [0.25, 0.3) is 0 Å². The Morgan fingerprint density at radius 3 is 0.679 bits per heavy atom. The van der Waals surface area contributed by atoms with Crippen LogP contribution in [0.25, 0.3) is 0 Å². The second-order valence-electron chi connectivity index (χ2n) is 18.4. The van der Waals surface area contributed by atoms with E-state index in [1.54, 1.807) is 64.0 Å². The lowest BCUT2D eigenvalue weighted by molar-refractivity contribution is 0.199. The highest BCUT2D eigenvalue weighted by atomic mass is 35.6. The van der Waals surface area contributed by atoms with Crippen LogP contribution >= 0.6 is 104 Å². The summed E-state index contributed by atoms with van der Waals surface area (Å²) < 4.78 is 93.1. The van der Waals surface area contributed by atoms with E-state index in [1.165, 1.54) is 0 Å². The lowest BCUT2D eigenvalue weighted by atomic mass is 9.92. The molecule has 11 aliphatic heterocycles. The van der Waals surface area contributed by atoms with Gasteiger partial charge in [0.1, 0.15) is 39.6 Å². The van der Waals surface area contributed by atoms with Crippen molar-refractivity contribution in [3.63, 3.8) is 0 Å². The summed E-state index contributed by atoms with van der Waals surface area (Å²) in [6.07, 6.45) is 2.82. The molecule has 456 valence electrons. The summed E-state index contributed by atoms with van der Waals surface area (Å²) >= 11 is 43.3. The molecule has 0 saturated carbocycles. The number of benzene rings is 6. The first-order valence-corrected chi connectivity index (χ1v) is 29.8. The number of methoxy groups -OCH3 is 9. The van der Waals surface area contributed by atoms with Crippen LogP contribution in [-0.4, -0.2) is 117 Å². The van der Waals surface area contributed by atoms with Gasteiger partial charge in [-0.25, -0.2) is 0 Å². The molecular weight excluding hydrogens is 1280 g/mol. The number of halogens is 9. The molecular formula is C60H63Cl9O15. The number of rotatable bonds is 9. The average Bonchev–Trinajstić information content (AvgIpc) is 3.29. The minimum absolute atomic E-state index is 0.141.